The topological polar surface area (TPSA) is 67.8 Å². The molecule has 150 valence electrons. The molecule has 0 aliphatic carbocycles. The lowest BCUT2D eigenvalue weighted by Crippen LogP contribution is -2.27. The van der Waals surface area contributed by atoms with E-state index in [1.165, 1.54) is 16.6 Å². The van der Waals surface area contributed by atoms with E-state index in [2.05, 4.69) is 21.6 Å². The standard InChI is InChI=1S/C23H20N4OS2/c28-20(24-14-13-19-12-7-15-29-19)16-30-23-25-21(17-8-3-1-4-9-17)22(26-27-23)18-10-5-2-6-11-18/h1-12,15H,13-14,16H2,(H,24,28). The molecule has 2 aromatic carbocycles. The Hall–Kier alpha value is -3.03. The van der Waals surface area contributed by atoms with Gasteiger partial charge < -0.3 is 5.32 Å². The highest BCUT2D eigenvalue weighted by Gasteiger charge is 2.14. The molecule has 0 unspecified atom stereocenters. The molecule has 2 heterocycles. The summed E-state index contributed by atoms with van der Waals surface area (Å²) >= 11 is 2.99. The Balaban J connectivity index is 1.45. The number of thiophene rings is 1. The van der Waals surface area contributed by atoms with Gasteiger partial charge in [-0.25, -0.2) is 4.98 Å². The smallest absolute Gasteiger partial charge is 0.230 e. The summed E-state index contributed by atoms with van der Waals surface area (Å²) in [6.45, 7) is 0.626. The van der Waals surface area contributed by atoms with Crippen LogP contribution in [0, 0.1) is 0 Å². The summed E-state index contributed by atoms with van der Waals surface area (Å²) in [6, 6.07) is 23.9. The zero-order valence-corrected chi connectivity index (χ0v) is 17.8. The van der Waals surface area contributed by atoms with Gasteiger partial charge in [0.15, 0.2) is 0 Å². The van der Waals surface area contributed by atoms with Gasteiger partial charge in [0.05, 0.1) is 5.75 Å². The van der Waals surface area contributed by atoms with E-state index < -0.39 is 0 Å². The quantitative estimate of drug-likeness (QED) is 0.408. The highest BCUT2D eigenvalue weighted by atomic mass is 32.2. The number of benzene rings is 2. The second-order valence-electron chi connectivity index (χ2n) is 6.49. The fourth-order valence-corrected chi connectivity index (χ4v) is 4.25. The van der Waals surface area contributed by atoms with Crippen molar-refractivity contribution in [2.24, 2.45) is 0 Å². The van der Waals surface area contributed by atoms with Crippen LogP contribution in [0.1, 0.15) is 4.88 Å². The van der Waals surface area contributed by atoms with Gasteiger partial charge in [-0.15, -0.1) is 21.5 Å². The highest BCUT2D eigenvalue weighted by Crippen LogP contribution is 2.29. The molecule has 0 aliphatic heterocycles. The second kappa shape index (κ2) is 10.1. The third kappa shape index (κ3) is 5.31. The maximum Gasteiger partial charge on any atom is 0.230 e. The number of nitrogens with one attached hydrogen (secondary N) is 1. The minimum absolute atomic E-state index is 0.0337. The first-order valence-corrected chi connectivity index (χ1v) is 11.4. The Morgan fingerprint density at radius 1 is 0.867 bits per heavy atom. The van der Waals surface area contributed by atoms with Gasteiger partial charge in [0.1, 0.15) is 11.4 Å². The Kier molecular flexibility index (Phi) is 6.84. The molecule has 7 heteroatoms. The maximum absolute atomic E-state index is 12.2. The molecule has 0 aliphatic rings. The molecule has 0 fully saturated rings. The van der Waals surface area contributed by atoms with Crippen molar-refractivity contribution in [1.82, 2.24) is 20.5 Å². The monoisotopic (exact) mass is 432 g/mol. The number of thioether (sulfide) groups is 1. The lowest BCUT2D eigenvalue weighted by Gasteiger charge is -2.09. The normalized spacial score (nSPS) is 10.7. The summed E-state index contributed by atoms with van der Waals surface area (Å²) in [4.78, 5) is 18.2. The molecule has 2 aromatic heterocycles. The van der Waals surface area contributed by atoms with Crippen molar-refractivity contribution in [3.63, 3.8) is 0 Å². The lowest BCUT2D eigenvalue weighted by molar-refractivity contribution is -0.118. The van der Waals surface area contributed by atoms with Crippen LogP contribution in [-0.2, 0) is 11.2 Å². The van der Waals surface area contributed by atoms with Crippen molar-refractivity contribution >= 4 is 29.0 Å². The van der Waals surface area contributed by atoms with E-state index in [1.807, 2.05) is 72.1 Å². The predicted molar refractivity (Wildman–Crippen MR) is 122 cm³/mol. The molecule has 4 rings (SSSR count). The van der Waals surface area contributed by atoms with E-state index in [4.69, 9.17) is 4.98 Å². The van der Waals surface area contributed by atoms with Gasteiger partial charge >= 0.3 is 0 Å². The summed E-state index contributed by atoms with van der Waals surface area (Å²) < 4.78 is 0. The van der Waals surface area contributed by atoms with Crippen LogP contribution in [0.5, 0.6) is 0 Å². The zero-order chi connectivity index (χ0) is 20.6. The number of carbonyl (C=O) groups is 1. The number of hydrogen-bond acceptors (Lipinski definition) is 6. The van der Waals surface area contributed by atoms with Crippen molar-refractivity contribution < 1.29 is 4.79 Å². The van der Waals surface area contributed by atoms with Crippen molar-refractivity contribution in [2.45, 2.75) is 11.6 Å². The molecular weight excluding hydrogens is 412 g/mol. The first kappa shape index (κ1) is 20.3. The minimum Gasteiger partial charge on any atom is -0.355 e. The molecule has 5 nitrogen and oxygen atoms in total. The third-order valence-corrected chi connectivity index (χ3v) is 6.14. The number of aromatic nitrogens is 3. The Labute approximate surface area is 183 Å². The number of carbonyl (C=O) groups excluding carboxylic acids is 1. The van der Waals surface area contributed by atoms with E-state index in [1.54, 1.807) is 11.3 Å². The maximum atomic E-state index is 12.2. The van der Waals surface area contributed by atoms with Crippen molar-refractivity contribution in [2.75, 3.05) is 12.3 Å². The molecule has 4 aromatic rings. The predicted octanol–water partition coefficient (Wildman–Crippen LogP) is 4.72. The molecule has 0 atom stereocenters. The van der Waals surface area contributed by atoms with Crippen LogP contribution in [-0.4, -0.2) is 33.4 Å². The van der Waals surface area contributed by atoms with Gasteiger partial charge in [-0.05, 0) is 17.9 Å². The number of rotatable bonds is 8. The summed E-state index contributed by atoms with van der Waals surface area (Å²) in [5.41, 5.74) is 3.41. The largest absolute Gasteiger partial charge is 0.355 e. The summed E-state index contributed by atoms with van der Waals surface area (Å²) in [6.07, 6.45) is 0.843. The van der Waals surface area contributed by atoms with Gasteiger partial charge in [-0.2, -0.15) is 0 Å². The molecule has 1 N–H and O–H groups in total. The summed E-state index contributed by atoms with van der Waals surface area (Å²) in [5, 5.41) is 14.2. The van der Waals surface area contributed by atoms with Crippen LogP contribution in [0.4, 0.5) is 0 Å². The molecule has 0 radical (unpaired) electrons. The van der Waals surface area contributed by atoms with Gasteiger partial charge in [0.2, 0.25) is 11.1 Å². The molecule has 30 heavy (non-hydrogen) atoms. The van der Waals surface area contributed by atoms with Crippen LogP contribution in [0.25, 0.3) is 22.5 Å². The van der Waals surface area contributed by atoms with Crippen LogP contribution in [0.3, 0.4) is 0 Å². The van der Waals surface area contributed by atoms with Crippen LogP contribution in [0.15, 0.2) is 83.3 Å². The van der Waals surface area contributed by atoms with Gasteiger partial charge in [0.25, 0.3) is 0 Å². The van der Waals surface area contributed by atoms with Crippen molar-refractivity contribution in [3.05, 3.63) is 83.1 Å². The first-order chi connectivity index (χ1) is 14.8. The SMILES string of the molecule is O=C(CSc1nnc(-c2ccccc2)c(-c2ccccc2)n1)NCCc1cccs1. The molecule has 0 bridgehead atoms. The van der Waals surface area contributed by atoms with Gasteiger partial charge in [-0.3, -0.25) is 4.79 Å². The van der Waals surface area contributed by atoms with Crippen molar-refractivity contribution in [1.29, 1.82) is 0 Å². The molecule has 0 saturated heterocycles. The van der Waals surface area contributed by atoms with E-state index in [-0.39, 0.29) is 11.7 Å². The molecular formula is C23H20N4OS2. The average molecular weight is 433 g/mol. The third-order valence-electron chi connectivity index (χ3n) is 4.37. The van der Waals surface area contributed by atoms with Crippen LogP contribution < -0.4 is 5.32 Å². The summed E-state index contributed by atoms with van der Waals surface area (Å²) in [7, 11) is 0. The molecule has 1 amide bonds. The first-order valence-electron chi connectivity index (χ1n) is 9.57. The highest BCUT2D eigenvalue weighted by molar-refractivity contribution is 7.99. The zero-order valence-electron chi connectivity index (χ0n) is 16.2. The number of nitrogens with zero attached hydrogens (tertiary/aromatic N) is 3. The van der Waals surface area contributed by atoms with Crippen molar-refractivity contribution in [3.8, 4) is 22.5 Å². The van der Waals surface area contributed by atoms with E-state index in [0.717, 1.165) is 28.9 Å². The summed E-state index contributed by atoms with van der Waals surface area (Å²) in [5.74, 6) is 0.221. The number of amides is 1. The van der Waals surface area contributed by atoms with Crippen LogP contribution in [0.2, 0.25) is 0 Å². The average Bonchev–Trinajstić information content (AvgIpc) is 3.32. The van der Waals surface area contributed by atoms with Gasteiger partial charge in [0, 0.05) is 22.5 Å². The van der Waals surface area contributed by atoms with E-state index in [0.29, 0.717) is 11.7 Å². The van der Waals surface area contributed by atoms with Crippen LogP contribution >= 0.6 is 23.1 Å². The van der Waals surface area contributed by atoms with E-state index >= 15 is 0 Å². The molecule has 0 saturated carbocycles. The van der Waals surface area contributed by atoms with Gasteiger partial charge in [-0.1, -0.05) is 78.5 Å². The fraction of sp³-hybridized carbons (Fsp3) is 0.130. The fourth-order valence-electron chi connectivity index (χ4n) is 2.92. The minimum atomic E-state index is -0.0337. The number of hydrogen-bond donors (Lipinski definition) is 1. The Bertz CT molecular complexity index is 1090. The Morgan fingerprint density at radius 2 is 1.57 bits per heavy atom. The second-order valence-corrected chi connectivity index (χ2v) is 8.47. The van der Waals surface area contributed by atoms with E-state index in [9.17, 15) is 4.79 Å². The Morgan fingerprint density at radius 3 is 2.23 bits per heavy atom. The lowest BCUT2D eigenvalue weighted by atomic mass is 10.0. The molecule has 0 spiro atoms.